The lowest BCUT2D eigenvalue weighted by Crippen LogP contribution is -2.04. The molecule has 1 aromatic rings. The first kappa shape index (κ1) is 10.8. The van der Waals surface area contributed by atoms with Gasteiger partial charge in [0.1, 0.15) is 5.69 Å². The van der Waals surface area contributed by atoms with E-state index in [9.17, 15) is 4.79 Å². The number of rotatable bonds is 6. The summed E-state index contributed by atoms with van der Waals surface area (Å²) in [5.41, 5.74) is 0.434. The van der Waals surface area contributed by atoms with Crippen LogP contribution < -0.4 is 0 Å². The zero-order chi connectivity index (χ0) is 10.2. The summed E-state index contributed by atoms with van der Waals surface area (Å²) in [7, 11) is 0. The van der Waals surface area contributed by atoms with Gasteiger partial charge < -0.3 is 4.74 Å². The van der Waals surface area contributed by atoms with Crippen LogP contribution in [0.4, 0.5) is 0 Å². The van der Waals surface area contributed by atoms with Crippen molar-refractivity contribution in [2.75, 3.05) is 13.2 Å². The molecular weight excluding hydrogens is 180 g/mol. The summed E-state index contributed by atoms with van der Waals surface area (Å²) in [4.78, 5) is 19.2. The standard InChI is InChI=1S/C10H14N2O2/c1-2-14-7-3-4-10(13)9-8-11-5-6-12-9/h5-6,8H,2-4,7H2,1H3. The van der Waals surface area contributed by atoms with Crippen molar-refractivity contribution in [1.29, 1.82) is 0 Å². The van der Waals surface area contributed by atoms with Crippen molar-refractivity contribution in [1.82, 2.24) is 9.97 Å². The van der Waals surface area contributed by atoms with Crippen molar-refractivity contribution in [2.24, 2.45) is 0 Å². The second-order valence-electron chi connectivity index (χ2n) is 2.81. The Kier molecular flexibility index (Phi) is 4.78. The summed E-state index contributed by atoms with van der Waals surface area (Å²) in [5.74, 6) is 0.0257. The third kappa shape index (κ3) is 3.62. The zero-order valence-corrected chi connectivity index (χ0v) is 8.27. The smallest absolute Gasteiger partial charge is 0.182 e. The predicted octanol–water partition coefficient (Wildman–Crippen LogP) is 1.48. The molecular formula is C10H14N2O2. The molecule has 0 aliphatic carbocycles. The molecule has 76 valence electrons. The molecule has 0 fully saturated rings. The molecule has 0 aliphatic rings. The summed E-state index contributed by atoms with van der Waals surface area (Å²) in [6.07, 6.45) is 5.78. The van der Waals surface area contributed by atoms with Crippen LogP contribution in [0.1, 0.15) is 30.3 Å². The van der Waals surface area contributed by atoms with Crippen LogP contribution in [0.25, 0.3) is 0 Å². The molecule has 1 rings (SSSR count). The minimum absolute atomic E-state index is 0.0257. The molecule has 0 amide bonds. The first-order valence-electron chi connectivity index (χ1n) is 4.71. The monoisotopic (exact) mass is 194 g/mol. The lowest BCUT2D eigenvalue weighted by molar-refractivity contribution is 0.0942. The Morgan fingerprint density at radius 2 is 2.36 bits per heavy atom. The van der Waals surface area contributed by atoms with Gasteiger partial charge in [-0.05, 0) is 13.3 Å². The Morgan fingerprint density at radius 1 is 1.50 bits per heavy atom. The van der Waals surface area contributed by atoms with Gasteiger partial charge in [-0.25, -0.2) is 4.98 Å². The quantitative estimate of drug-likeness (QED) is 0.508. The average Bonchev–Trinajstić information content (AvgIpc) is 2.25. The van der Waals surface area contributed by atoms with Crippen molar-refractivity contribution in [3.05, 3.63) is 24.3 Å². The summed E-state index contributed by atoms with van der Waals surface area (Å²) in [5, 5.41) is 0. The van der Waals surface area contributed by atoms with Crippen LogP contribution in [0.15, 0.2) is 18.6 Å². The molecule has 14 heavy (non-hydrogen) atoms. The van der Waals surface area contributed by atoms with Crippen molar-refractivity contribution < 1.29 is 9.53 Å². The highest BCUT2D eigenvalue weighted by atomic mass is 16.5. The number of nitrogens with zero attached hydrogens (tertiary/aromatic N) is 2. The predicted molar refractivity (Wildman–Crippen MR) is 52.1 cm³/mol. The summed E-state index contributed by atoms with van der Waals surface area (Å²) >= 11 is 0. The Morgan fingerprint density at radius 3 is 3.00 bits per heavy atom. The minimum atomic E-state index is 0.0257. The van der Waals surface area contributed by atoms with E-state index >= 15 is 0 Å². The fourth-order valence-electron chi connectivity index (χ4n) is 1.05. The van der Waals surface area contributed by atoms with E-state index in [-0.39, 0.29) is 5.78 Å². The van der Waals surface area contributed by atoms with Crippen molar-refractivity contribution in [2.45, 2.75) is 19.8 Å². The zero-order valence-electron chi connectivity index (χ0n) is 8.27. The molecule has 4 heteroatoms. The van der Waals surface area contributed by atoms with Crippen LogP contribution in [-0.4, -0.2) is 29.0 Å². The van der Waals surface area contributed by atoms with E-state index in [1.165, 1.54) is 12.4 Å². The second kappa shape index (κ2) is 6.21. The molecule has 0 aromatic carbocycles. The van der Waals surface area contributed by atoms with Gasteiger partial charge in [0, 0.05) is 32.0 Å². The highest BCUT2D eigenvalue weighted by Gasteiger charge is 2.05. The summed E-state index contributed by atoms with van der Waals surface area (Å²) in [6.45, 7) is 3.26. The number of ketones is 1. The topological polar surface area (TPSA) is 52.1 Å². The normalized spacial score (nSPS) is 10.1. The minimum Gasteiger partial charge on any atom is -0.382 e. The third-order valence-corrected chi connectivity index (χ3v) is 1.75. The van der Waals surface area contributed by atoms with Gasteiger partial charge in [0.2, 0.25) is 0 Å². The molecule has 0 N–H and O–H groups in total. The van der Waals surface area contributed by atoms with Crippen LogP contribution in [0.3, 0.4) is 0 Å². The van der Waals surface area contributed by atoms with Gasteiger partial charge in [-0.15, -0.1) is 0 Å². The van der Waals surface area contributed by atoms with E-state index in [1.54, 1.807) is 6.20 Å². The number of hydrogen-bond acceptors (Lipinski definition) is 4. The van der Waals surface area contributed by atoms with E-state index in [4.69, 9.17) is 4.74 Å². The Hall–Kier alpha value is -1.29. The molecule has 0 bridgehead atoms. The third-order valence-electron chi connectivity index (χ3n) is 1.75. The van der Waals surface area contributed by atoms with Crippen molar-refractivity contribution in [3.63, 3.8) is 0 Å². The fourth-order valence-corrected chi connectivity index (χ4v) is 1.05. The average molecular weight is 194 g/mol. The molecule has 0 radical (unpaired) electrons. The highest BCUT2D eigenvalue weighted by Crippen LogP contribution is 2.00. The van der Waals surface area contributed by atoms with Crippen LogP contribution in [0.5, 0.6) is 0 Å². The molecule has 0 atom stereocenters. The largest absolute Gasteiger partial charge is 0.382 e. The first-order valence-corrected chi connectivity index (χ1v) is 4.71. The molecule has 0 aliphatic heterocycles. The van der Waals surface area contributed by atoms with E-state index in [0.29, 0.717) is 25.3 Å². The maximum atomic E-state index is 11.4. The van der Waals surface area contributed by atoms with Crippen LogP contribution in [0, 0.1) is 0 Å². The fraction of sp³-hybridized carbons (Fsp3) is 0.500. The van der Waals surface area contributed by atoms with E-state index in [1.807, 2.05) is 6.92 Å². The number of ether oxygens (including phenoxy) is 1. The molecule has 0 spiro atoms. The maximum absolute atomic E-state index is 11.4. The molecule has 1 aromatic heterocycles. The first-order chi connectivity index (χ1) is 6.84. The van der Waals surface area contributed by atoms with Gasteiger partial charge in [-0.3, -0.25) is 9.78 Å². The van der Waals surface area contributed by atoms with Gasteiger partial charge in [-0.1, -0.05) is 0 Å². The van der Waals surface area contributed by atoms with Gasteiger partial charge in [0.25, 0.3) is 0 Å². The number of carbonyl (C=O) groups excluding carboxylic acids is 1. The molecule has 0 saturated carbocycles. The molecule has 1 heterocycles. The Bertz CT molecular complexity index is 275. The SMILES string of the molecule is CCOCCCC(=O)c1cnccn1. The van der Waals surface area contributed by atoms with Crippen molar-refractivity contribution in [3.8, 4) is 0 Å². The Labute approximate surface area is 83.3 Å². The van der Waals surface area contributed by atoms with Crippen LogP contribution in [0.2, 0.25) is 0 Å². The summed E-state index contributed by atoms with van der Waals surface area (Å²) in [6, 6.07) is 0. The molecule has 4 nitrogen and oxygen atoms in total. The van der Waals surface area contributed by atoms with Crippen molar-refractivity contribution >= 4 is 5.78 Å². The Balaban J connectivity index is 2.29. The number of carbonyl (C=O) groups is 1. The van der Waals surface area contributed by atoms with E-state index in [2.05, 4.69) is 9.97 Å². The number of aromatic nitrogens is 2. The maximum Gasteiger partial charge on any atom is 0.182 e. The molecule has 0 saturated heterocycles. The van der Waals surface area contributed by atoms with E-state index < -0.39 is 0 Å². The van der Waals surface area contributed by atoms with Gasteiger partial charge in [0.05, 0.1) is 6.20 Å². The lowest BCUT2D eigenvalue weighted by Gasteiger charge is -2.00. The second-order valence-corrected chi connectivity index (χ2v) is 2.81. The molecule has 0 unspecified atom stereocenters. The number of Topliss-reactive ketones (excluding diaryl/α,β-unsaturated/α-hetero) is 1. The van der Waals surface area contributed by atoms with Crippen LogP contribution in [-0.2, 0) is 4.74 Å². The van der Waals surface area contributed by atoms with E-state index in [0.717, 1.165) is 6.42 Å². The number of hydrogen-bond donors (Lipinski definition) is 0. The van der Waals surface area contributed by atoms with Crippen LogP contribution >= 0.6 is 0 Å². The highest BCUT2D eigenvalue weighted by molar-refractivity contribution is 5.93. The van der Waals surface area contributed by atoms with Gasteiger partial charge in [0.15, 0.2) is 5.78 Å². The lowest BCUT2D eigenvalue weighted by atomic mass is 10.2. The summed E-state index contributed by atoms with van der Waals surface area (Å²) < 4.78 is 5.13. The van der Waals surface area contributed by atoms with Gasteiger partial charge >= 0.3 is 0 Å². The van der Waals surface area contributed by atoms with Gasteiger partial charge in [-0.2, -0.15) is 0 Å².